The number of ketones is 1. The van der Waals surface area contributed by atoms with Gasteiger partial charge in [0.15, 0.2) is 5.78 Å². The zero-order chi connectivity index (χ0) is 13.1. The van der Waals surface area contributed by atoms with Crippen LogP contribution in [0.4, 0.5) is 0 Å². The van der Waals surface area contributed by atoms with Crippen molar-refractivity contribution in [3.8, 4) is 0 Å². The molecule has 0 bridgehead atoms. The molecule has 0 saturated heterocycles. The van der Waals surface area contributed by atoms with Gasteiger partial charge in [-0.25, -0.2) is 0 Å². The minimum Gasteiger partial charge on any atom is -0.379 e. The average molecular weight is 244 g/mol. The van der Waals surface area contributed by atoms with Crippen LogP contribution in [0.25, 0.3) is 0 Å². The first-order chi connectivity index (χ1) is 8.02. The summed E-state index contributed by atoms with van der Waals surface area (Å²) >= 11 is 0. The van der Waals surface area contributed by atoms with Crippen LogP contribution >= 0.6 is 0 Å². The van der Waals surface area contributed by atoms with Gasteiger partial charge in [0, 0.05) is 13.0 Å². The van der Waals surface area contributed by atoms with Crippen molar-refractivity contribution in [2.24, 2.45) is 11.8 Å². The Hall–Kier alpha value is -0.410. The van der Waals surface area contributed by atoms with E-state index >= 15 is 0 Å². The number of hydrogen-bond acceptors (Lipinski definition) is 3. The zero-order valence-electron chi connectivity index (χ0n) is 11.8. The van der Waals surface area contributed by atoms with Crippen molar-refractivity contribution in [1.29, 1.82) is 0 Å². The molecule has 102 valence electrons. The molecule has 0 heterocycles. The monoisotopic (exact) mass is 244 g/mol. The summed E-state index contributed by atoms with van der Waals surface area (Å²) in [5.41, 5.74) is 0. The molecular formula is C14H28O3. The third kappa shape index (κ3) is 13.5. The van der Waals surface area contributed by atoms with Crippen LogP contribution in [0.2, 0.25) is 0 Å². The summed E-state index contributed by atoms with van der Waals surface area (Å²) < 4.78 is 10.6. The fraction of sp³-hybridized carbons (Fsp3) is 0.929. The highest BCUT2D eigenvalue weighted by molar-refractivity contribution is 5.79. The van der Waals surface area contributed by atoms with E-state index < -0.39 is 0 Å². The van der Waals surface area contributed by atoms with Crippen molar-refractivity contribution in [2.75, 3.05) is 26.4 Å². The minimum atomic E-state index is 0.195. The van der Waals surface area contributed by atoms with Crippen molar-refractivity contribution in [1.82, 2.24) is 0 Å². The quantitative estimate of drug-likeness (QED) is 0.524. The first-order valence-corrected chi connectivity index (χ1v) is 6.69. The molecule has 0 rings (SSSR count). The Morgan fingerprint density at radius 2 is 1.47 bits per heavy atom. The van der Waals surface area contributed by atoms with E-state index in [1.54, 1.807) is 0 Å². The molecule has 0 atom stereocenters. The van der Waals surface area contributed by atoms with Crippen LogP contribution in [0.15, 0.2) is 0 Å². The molecule has 0 aromatic carbocycles. The molecule has 17 heavy (non-hydrogen) atoms. The predicted octanol–water partition coefficient (Wildman–Crippen LogP) is 3.07. The zero-order valence-corrected chi connectivity index (χ0v) is 11.8. The van der Waals surface area contributed by atoms with E-state index in [1.165, 1.54) is 0 Å². The Morgan fingerprint density at radius 1 is 0.882 bits per heavy atom. The van der Waals surface area contributed by atoms with E-state index in [0.717, 1.165) is 19.4 Å². The van der Waals surface area contributed by atoms with E-state index in [9.17, 15) is 4.79 Å². The molecule has 0 aliphatic heterocycles. The lowest BCUT2D eigenvalue weighted by atomic mass is 10.1. The van der Waals surface area contributed by atoms with Crippen LogP contribution in [-0.2, 0) is 14.3 Å². The lowest BCUT2D eigenvalue weighted by molar-refractivity contribution is -0.124. The van der Waals surface area contributed by atoms with E-state index in [2.05, 4.69) is 27.7 Å². The molecular weight excluding hydrogens is 216 g/mol. The van der Waals surface area contributed by atoms with Gasteiger partial charge in [0.2, 0.25) is 0 Å². The summed E-state index contributed by atoms with van der Waals surface area (Å²) in [5.74, 6) is 1.45. The maximum Gasteiger partial charge on any atom is 0.158 e. The standard InChI is InChI=1S/C14H28O3/c1-12(2)5-6-14(15)11-17-10-9-16-8-7-13(3)4/h12-13H,5-11H2,1-4H3. The van der Waals surface area contributed by atoms with Crippen LogP contribution in [0.1, 0.15) is 47.0 Å². The second-order valence-corrected chi connectivity index (χ2v) is 5.32. The first-order valence-electron chi connectivity index (χ1n) is 6.69. The molecule has 0 amide bonds. The van der Waals surface area contributed by atoms with Crippen LogP contribution in [0.5, 0.6) is 0 Å². The largest absolute Gasteiger partial charge is 0.379 e. The Kier molecular flexibility index (Phi) is 10.5. The molecule has 0 saturated carbocycles. The van der Waals surface area contributed by atoms with Gasteiger partial charge in [-0.05, 0) is 24.7 Å². The highest BCUT2D eigenvalue weighted by atomic mass is 16.5. The Bertz CT molecular complexity index is 188. The average Bonchev–Trinajstić information content (AvgIpc) is 2.24. The Labute approximate surface area is 106 Å². The highest BCUT2D eigenvalue weighted by Gasteiger charge is 2.03. The molecule has 0 aromatic heterocycles. The van der Waals surface area contributed by atoms with E-state index in [0.29, 0.717) is 31.5 Å². The maximum atomic E-state index is 11.4. The van der Waals surface area contributed by atoms with Gasteiger partial charge < -0.3 is 9.47 Å². The van der Waals surface area contributed by atoms with Gasteiger partial charge >= 0.3 is 0 Å². The molecule has 3 heteroatoms. The molecule has 0 fully saturated rings. The van der Waals surface area contributed by atoms with Crippen LogP contribution < -0.4 is 0 Å². The summed E-state index contributed by atoms with van der Waals surface area (Å²) in [5, 5.41) is 0. The fourth-order valence-corrected chi connectivity index (χ4v) is 1.25. The second-order valence-electron chi connectivity index (χ2n) is 5.32. The number of carbonyl (C=O) groups is 1. The van der Waals surface area contributed by atoms with Crippen molar-refractivity contribution in [2.45, 2.75) is 47.0 Å². The topological polar surface area (TPSA) is 35.5 Å². The number of rotatable bonds is 11. The summed E-state index contributed by atoms with van der Waals surface area (Å²) in [7, 11) is 0. The van der Waals surface area contributed by atoms with Crippen LogP contribution in [0, 0.1) is 11.8 Å². The fourth-order valence-electron chi connectivity index (χ4n) is 1.25. The van der Waals surface area contributed by atoms with Gasteiger partial charge in [-0.3, -0.25) is 4.79 Å². The highest BCUT2D eigenvalue weighted by Crippen LogP contribution is 2.04. The molecule has 0 aliphatic carbocycles. The summed E-state index contributed by atoms with van der Waals surface area (Å²) in [6.45, 7) is 10.7. The van der Waals surface area contributed by atoms with E-state index in [1.807, 2.05) is 0 Å². The van der Waals surface area contributed by atoms with Gasteiger partial charge in [-0.15, -0.1) is 0 Å². The van der Waals surface area contributed by atoms with Crippen molar-refractivity contribution >= 4 is 5.78 Å². The Morgan fingerprint density at radius 3 is 2.06 bits per heavy atom. The van der Waals surface area contributed by atoms with Crippen LogP contribution in [0.3, 0.4) is 0 Å². The summed E-state index contributed by atoms with van der Waals surface area (Å²) in [6, 6.07) is 0. The molecule has 0 N–H and O–H groups in total. The number of ether oxygens (including phenoxy) is 2. The Balaban J connectivity index is 3.19. The third-order valence-corrected chi connectivity index (χ3v) is 2.48. The normalized spacial score (nSPS) is 11.4. The molecule has 0 aromatic rings. The van der Waals surface area contributed by atoms with Gasteiger partial charge in [-0.1, -0.05) is 27.7 Å². The molecule has 0 spiro atoms. The number of carbonyl (C=O) groups excluding carboxylic acids is 1. The SMILES string of the molecule is CC(C)CCOCCOCC(=O)CCC(C)C. The van der Waals surface area contributed by atoms with Crippen molar-refractivity contribution < 1.29 is 14.3 Å². The number of hydrogen-bond donors (Lipinski definition) is 0. The molecule has 0 aliphatic rings. The van der Waals surface area contributed by atoms with Crippen molar-refractivity contribution in [3.63, 3.8) is 0 Å². The van der Waals surface area contributed by atoms with Crippen molar-refractivity contribution in [3.05, 3.63) is 0 Å². The van der Waals surface area contributed by atoms with Gasteiger partial charge in [0.25, 0.3) is 0 Å². The second kappa shape index (κ2) is 10.7. The van der Waals surface area contributed by atoms with Crippen LogP contribution in [-0.4, -0.2) is 32.2 Å². The lowest BCUT2D eigenvalue weighted by Crippen LogP contribution is -2.13. The number of Topliss-reactive ketones (excluding diaryl/α,β-unsaturated/α-hetero) is 1. The maximum absolute atomic E-state index is 11.4. The predicted molar refractivity (Wildman–Crippen MR) is 70.2 cm³/mol. The third-order valence-electron chi connectivity index (χ3n) is 2.48. The molecule has 3 nitrogen and oxygen atoms in total. The molecule has 0 radical (unpaired) electrons. The van der Waals surface area contributed by atoms with E-state index in [-0.39, 0.29) is 12.4 Å². The first kappa shape index (κ1) is 16.6. The minimum absolute atomic E-state index is 0.195. The van der Waals surface area contributed by atoms with E-state index in [4.69, 9.17) is 9.47 Å². The summed E-state index contributed by atoms with van der Waals surface area (Å²) in [4.78, 5) is 11.4. The smallest absolute Gasteiger partial charge is 0.158 e. The van der Waals surface area contributed by atoms with Gasteiger partial charge in [-0.2, -0.15) is 0 Å². The molecule has 0 unspecified atom stereocenters. The van der Waals surface area contributed by atoms with Gasteiger partial charge in [0.1, 0.15) is 6.61 Å². The lowest BCUT2D eigenvalue weighted by Gasteiger charge is -2.07. The summed E-state index contributed by atoms with van der Waals surface area (Å²) in [6.07, 6.45) is 2.66. The van der Waals surface area contributed by atoms with Gasteiger partial charge in [0.05, 0.1) is 13.2 Å².